The summed E-state index contributed by atoms with van der Waals surface area (Å²) < 4.78 is 0. The van der Waals surface area contributed by atoms with Crippen molar-refractivity contribution < 1.29 is 9.59 Å². The minimum Gasteiger partial charge on any atom is -0.314 e. The highest BCUT2D eigenvalue weighted by Crippen LogP contribution is 2.20. The topological polar surface area (TPSA) is 52.7 Å². The molecule has 0 saturated carbocycles. The van der Waals surface area contributed by atoms with E-state index in [9.17, 15) is 9.59 Å². The third kappa shape index (κ3) is 1.77. The van der Waals surface area contributed by atoms with Crippen molar-refractivity contribution in [2.75, 3.05) is 26.7 Å². The van der Waals surface area contributed by atoms with Gasteiger partial charge >= 0.3 is 0 Å². The van der Waals surface area contributed by atoms with E-state index in [1.54, 1.807) is 7.05 Å². The zero-order valence-electron chi connectivity index (χ0n) is 9.19. The Morgan fingerprint density at radius 3 is 2.67 bits per heavy atom. The molecule has 0 radical (unpaired) electrons. The summed E-state index contributed by atoms with van der Waals surface area (Å²) in [5.41, 5.74) is 0. The summed E-state index contributed by atoms with van der Waals surface area (Å²) in [7, 11) is 1.57. The number of hydrogen-bond donors (Lipinski definition) is 1. The van der Waals surface area contributed by atoms with E-state index < -0.39 is 0 Å². The van der Waals surface area contributed by atoms with Gasteiger partial charge in [0.05, 0.1) is 12.5 Å². The van der Waals surface area contributed by atoms with Crippen LogP contribution in [0.5, 0.6) is 0 Å². The second-order valence-electron chi connectivity index (χ2n) is 4.30. The number of likely N-dealkylation sites (N-methyl/N-ethyl adjacent to an activating group) is 1. The minimum absolute atomic E-state index is 0.0475. The Hall–Kier alpha value is -0.940. The molecular weight excluding hydrogens is 194 g/mol. The number of piperazine rings is 1. The first-order chi connectivity index (χ1) is 7.11. The van der Waals surface area contributed by atoms with Crippen LogP contribution in [-0.2, 0) is 9.59 Å². The van der Waals surface area contributed by atoms with Crippen LogP contribution in [0.3, 0.4) is 0 Å². The quantitative estimate of drug-likeness (QED) is 0.567. The predicted octanol–water partition coefficient (Wildman–Crippen LogP) is -0.963. The highest BCUT2D eigenvalue weighted by molar-refractivity contribution is 6.05. The number of amides is 2. The molecular formula is C10H17N3O2. The molecule has 15 heavy (non-hydrogen) atoms. The van der Waals surface area contributed by atoms with E-state index in [0.29, 0.717) is 12.5 Å². The number of carbonyl (C=O) groups excluding carboxylic acids is 2. The van der Waals surface area contributed by atoms with E-state index in [1.165, 1.54) is 4.90 Å². The highest BCUT2D eigenvalue weighted by atomic mass is 16.2. The Morgan fingerprint density at radius 2 is 2.13 bits per heavy atom. The molecule has 2 amide bonds. The predicted molar refractivity (Wildman–Crippen MR) is 55.2 cm³/mol. The van der Waals surface area contributed by atoms with Gasteiger partial charge < -0.3 is 5.32 Å². The van der Waals surface area contributed by atoms with Gasteiger partial charge in [-0.3, -0.25) is 19.4 Å². The van der Waals surface area contributed by atoms with Gasteiger partial charge in [-0.1, -0.05) is 0 Å². The standard InChI is InChI=1S/C10H17N3O2/c1-7-6-11-3-4-13(7)8-5-9(14)12(2)10(8)15/h7-8,11H,3-6H2,1-2H3/t7-,8?/m0/s1. The Morgan fingerprint density at radius 1 is 1.40 bits per heavy atom. The van der Waals surface area contributed by atoms with Crippen LogP contribution in [0.1, 0.15) is 13.3 Å². The lowest BCUT2D eigenvalue weighted by Gasteiger charge is -2.36. The number of carbonyl (C=O) groups is 2. The number of imide groups is 1. The Labute approximate surface area is 89.4 Å². The van der Waals surface area contributed by atoms with Gasteiger partial charge in [0.25, 0.3) is 0 Å². The van der Waals surface area contributed by atoms with Crippen molar-refractivity contribution in [2.24, 2.45) is 0 Å². The van der Waals surface area contributed by atoms with Gasteiger partial charge in [0.15, 0.2) is 0 Å². The van der Waals surface area contributed by atoms with Crippen molar-refractivity contribution in [3.63, 3.8) is 0 Å². The van der Waals surface area contributed by atoms with E-state index in [-0.39, 0.29) is 17.9 Å². The number of likely N-dealkylation sites (tertiary alicyclic amines) is 1. The van der Waals surface area contributed by atoms with Crippen LogP contribution in [0.15, 0.2) is 0 Å². The monoisotopic (exact) mass is 211 g/mol. The normalized spacial score (nSPS) is 33.9. The summed E-state index contributed by atoms with van der Waals surface area (Å²) >= 11 is 0. The molecule has 2 aliphatic rings. The molecule has 0 aromatic heterocycles. The maximum absolute atomic E-state index is 11.8. The second kappa shape index (κ2) is 3.90. The van der Waals surface area contributed by atoms with E-state index in [4.69, 9.17) is 0 Å². The number of hydrogen-bond acceptors (Lipinski definition) is 4. The first kappa shape index (κ1) is 10.6. The van der Waals surface area contributed by atoms with Gasteiger partial charge in [0.2, 0.25) is 11.8 Å². The van der Waals surface area contributed by atoms with Crippen molar-refractivity contribution in [3.8, 4) is 0 Å². The third-order valence-electron chi connectivity index (χ3n) is 3.31. The van der Waals surface area contributed by atoms with Gasteiger partial charge in [-0.05, 0) is 6.92 Å². The number of nitrogens with zero attached hydrogens (tertiary/aromatic N) is 2. The molecule has 2 heterocycles. The van der Waals surface area contributed by atoms with Gasteiger partial charge in [0, 0.05) is 32.7 Å². The van der Waals surface area contributed by atoms with Crippen LogP contribution in [-0.4, -0.2) is 60.4 Å². The SMILES string of the molecule is C[C@H]1CNCCN1C1CC(=O)N(C)C1=O. The van der Waals surface area contributed by atoms with Gasteiger partial charge in [0.1, 0.15) is 0 Å². The molecule has 2 fully saturated rings. The van der Waals surface area contributed by atoms with Gasteiger partial charge in [-0.15, -0.1) is 0 Å². The molecule has 0 aromatic rings. The molecule has 1 N–H and O–H groups in total. The van der Waals surface area contributed by atoms with Crippen molar-refractivity contribution in [3.05, 3.63) is 0 Å². The first-order valence-electron chi connectivity index (χ1n) is 5.38. The van der Waals surface area contributed by atoms with Crippen molar-refractivity contribution in [1.82, 2.24) is 15.1 Å². The Bertz CT molecular complexity index is 292. The van der Waals surface area contributed by atoms with E-state index in [1.807, 2.05) is 0 Å². The molecule has 2 atom stereocenters. The summed E-state index contributed by atoms with van der Waals surface area (Å²) in [6, 6.07) is 0.103. The molecule has 0 spiro atoms. The summed E-state index contributed by atoms with van der Waals surface area (Å²) in [6.45, 7) is 4.72. The lowest BCUT2D eigenvalue weighted by atomic mass is 10.1. The number of rotatable bonds is 1. The summed E-state index contributed by atoms with van der Waals surface area (Å²) in [4.78, 5) is 26.6. The largest absolute Gasteiger partial charge is 0.314 e. The lowest BCUT2D eigenvalue weighted by molar-refractivity contribution is -0.138. The van der Waals surface area contributed by atoms with Crippen molar-refractivity contribution in [1.29, 1.82) is 0 Å². The fraction of sp³-hybridized carbons (Fsp3) is 0.800. The second-order valence-corrected chi connectivity index (χ2v) is 4.30. The molecule has 2 aliphatic heterocycles. The number of nitrogens with one attached hydrogen (secondary N) is 1. The fourth-order valence-electron chi connectivity index (χ4n) is 2.31. The maximum Gasteiger partial charge on any atom is 0.246 e. The van der Waals surface area contributed by atoms with Crippen molar-refractivity contribution in [2.45, 2.75) is 25.4 Å². The highest BCUT2D eigenvalue weighted by Gasteiger charge is 2.41. The molecule has 84 valence electrons. The lowest BCUT2D eigenvalue weighted by Crippen LogP contribution is -2.55. The van der Waals surface area contributed by atoms with Crippen molar-refractivity contribution >= 4 is 11.8 Å². The summed E-state index contributed by atoms with van der Waals surface area (Å²) in [6.07, 6.45) is 0.347. The van der Waals surface area contributed by atoms with E-state index in [2.05, 4.69) is 17.1 Å². The minimum atomic E-state index is -0.223. The molecule has 5 nitrogen and oxygen atoms in total. The Balaban J connectivity index is 2.10. The van der Waals surface area contributed by atoms with Crippen LogP contribution in [0.4, 0.5) is 0 Å². The van der Waals surface area contributed by atoms with Crippen LogP contribution in [0, 0.1) is 0 Å². The van der Waals surface area contributed by atoms with Crippen LogP contribution >= 0.6 is 0 Å². The average Bonchev–Trinajstić information content (AvgIpc) is 2.47. The molecule has 0 aromatic carbocycles. The van der Waals surface area contributed by atoms with E-state index >= 15 is 0 Å². The molecule has 2 rings (SSSR count). The van der Waals surface area contributed by atoms with Crippen LogP contribution in [0.25, 0.3) is 0 Å². The van der Waals surface area contributed by atoms with Gasteiger partial charge in [-0.25, -0.2) is 0 Å². The molecule has 5 heteroatoms. The first-order valence-corrected chi connectivity index (χ1v) is 5.38. The van der Waals surface area contributed by atoms with E-state index in [0.717, 1.165) is 19.6 Å². The average molecular weight is 211 g/mol. The maximum atomic E-state index is 11.8. The van der Waals surface area contributed by atoms with Crippen LogP contribution in [0.2, 0.25) is 0 Å². The molecule has 0 bridgehead atoms. The summed E-state index contributed by atoms with van der Waals surface area (Å²) in [5, 5.41) is 3.27. The Kier molecular flexibility index (Phi) is 2.75. The zero-order valence-corrected chi connectivity index (χ0v) is 9.19. The van der Waals surface area contributed by atoms with Crippen LogP contribution < -0.4 is 5.32 Å². The zero-order chi connectivity index (χ0) is 11.0. The van der Waals surface area contributed by atoms with Gasteiger partial charge in [-0.2, -0.15) is 0 Å². The fourth-order valence-corrected chi connectivity index (χ4v) is 2.31. The molecule has 2 saturated heterocycles. The smallest absolute Gasteiger partial charge is 0.246 e. The molecule has 1 unspecified atom stereocenters. The summed E-state index contributed by atoms with van der Waals surface area (Å²) in [5.74, 6) is -0.107. The molecule has 0 aliphatic carbocycles. The third-order valence-corrected chi connectivity index (χ3v) is 3.31.